The number of carbonyl (C=O) groups is 1. The first-order chi connectivity index (χ1) is 10.7. The first-order valence-electron chi connectivity index (χ1n) is 8.06. The van der Waals surface area contributed by atoms with E-state index in [9.17, 15) is 23.1 Å². The normalized spacial score (nSPS) is 17.6. The minimum absolute atomic E-state index is 0.224. The molecule has 148 valence electrons. The van der Waals surface area contributed by atoms with E-state index in [1.165, 1.54) is 20.8 Å². The summed E-state index contributed by atoms with van der Waals surface area (Å²) in [7, 11) is 0. The van der Waals surface area contributed by atoms with E-state index in [1.54, 1.807) is 34.6 Å². The molecule has 0 aliphatic heterocycles. The quantitative estimate of drug-likeness (QED) is 0.534. The molecule has 7 heteroatoms. The highest BCUT2D eigenvalue weighted by Gasteiger charge is 2.62. The van der Waals surface area contributed by atoms with Crippen LogP contribution >= 0.6 is 0 Å². The van der Waals surface area contributed by atoms with E-state index in [4.69, 9.17) is 9.47 Å². The van der Waals surface area contributed by atoms with Gasteiger partial charge in [-0.1, -0.05) is 20.4 Å². The highest BCUT2D eigenvalue weighted by molar-refractivity contribution is 5.87. The Labute approximate surface area is 148 Å². The van der Waals surface area contributed by atoms with E-state index >= 15 is 0 Å². The second kappa shape index (κ2) is 6.91. The van der Waals surface area contributed by atoms with Gasteiger partial charge in [0.1, 0.15) is 11.7 Å². The van der Waals surface area contributed by atoms with Gasteiger partial charge >= 0.3 is 12.1 Å². The zero-order chi connectivity index (χ0) is 20.6. The van der Waals surface area contributed by atoms with Gasteiger partial charge in [0.25, 0.3) is 0 Å². The van der Waals surface area contributed by atoms with Gasteiger partial charge in [0.2, 0.25) is 0 Å². The zero-order valence-electron chi connectivity index (χ0n) is 16.6. The molecule has 25 heavy (non-hydrogen) atoms. The third-order valence-electron chi connectivity index (χ3n) is 5.43. The Morgan fingerprint density at radius 1 is 1.00 bits per heavy atom. The van der Waals surface area contributed by atoms with E-state index in [0.29, 0.717) is 6.92 Å². The maximum absolute atomic E-state index is 13.2. The molecule has 0 aromatic carbocycles. The van der Waals surface area contributed by atoms with Gasteiger partial charge in [-0.3, -0.25) is 0 Å². The average molecular weight is 368 g/mol. The van der Waals surface area contributed by atoms with Gasteiger partial charge in [0.15, 0.2) is 5.60 Å². The van der Waals surface area contributed by atoms with Crippen LogP contribution in [0.1, 0.15) is 62.3 Å². The molecule has 0 aromatic rings. The van der Waals surface area contributed by atoms with Crippen molar-refractivity contribution < 1.29 is 32.5 Å². The van der Waals surface area contributed by atoms with Crippen molar-refractivity contribution in [1.29, 1.82) is 0 Å². The Morgan fingerprint density at radius 2 is 1.40 bits per heavy atom. The second-order valence-corrected chi connectivity index (χ2v) is 8.24. The molecule has 0 rings (SSSR count). The number of halogens is 3. The van der Waals surface area contributed by atoms with Crippen LogP contribution < -0.4 is 0 Å². The Morgan fingerprint density at radius 3 is 1.72 bits per heavy atom. The van der Waals surface area contributed by atoms with Crippen LogP contribution in [-0.2, 0) is 14.3 Å². The van der Waals surface area contributed by atoms with Crippen molar-refractivity contribution in [3.63, 3.8) is 0 Å². The molecule has 0 bridgehead atoms. The largest absolute Gasteiger partial charge is 0.459 e. The summed E-state index contributed by atoms with van der Waals surface area (Å²) in [5.74, 6) is -0.585. The number of carbonyl (C=O) groups excluding carboxylic acids is 1. The molecule has 0 aliphatic rings. The molecule has 0 saturated heterocycles. The van der Waals surface area contributed by atoms with Gasteiger partial charge < -0.3 is 14.6 Å². The summed E-state index contributed by atoms with van der Waals surface area (Å²) in [6.07, 6.45) is -5.53. The van der Waals surface area contributed by atoms with E-state index in [2.05, 4.69) is 6.58 Å². The minimum Gasteiger partial charge on any atom is -0.459 e. The monoisotopic (exact) mass is 368 g/mol. The van der Waals surface area contributed by atoms with Crippen LogP contribution in [0.25, 0.3) is 0 Å². The van der Waals surface area contributed by atoms with Gasteiger partial charge in [0, 0.05) is 11.0 Å². The first kappa shape index (κ1) is 23.9. The van der Waals surface area contributed by atoms with Crippen molar-refractivity contribution in [3.8, 4) is 0 Å². The third-order valence-corrected chi connectivity index (χ3v) is 5.43. The number of ether oxygens (including phenoxy) is 2. The summed E-state index contributed by atoms with van der Waals surface area (Å²) in [5, 5.41) is 10.0. The van der Waals surface area contributed by atoms with E-state index in [-0.39, 0.29) is 5.57 Å². The average Bonchev–Trinajstić information content (AvgIpc) is 2.35. The van der Waals surface area contributed by atoms with Crippen LogP contribution in [0.5, 0.6) is 0 Å². The SMILES string of the molecule is C=C(C)C(=O)OC(C)C(C)(C)C(C)(C)OC(C)(C)C(C)(O)C(F)(F)F. The number of rotatable bonds is 7. The number of aliphatic hydroxyl groups is 1. The van der Waals surface area contributed by atoms with Crippen LogP contribution in [0, 0.1) is 5.41 Å². The summed E-state index contributed by atoms with van der Waals surface area (Å²) in [6, 6.07) is 0. The fourth-order valence-electron chi connectivity index (χ4n) is 2.11. The lowest BCUT2D eigenvalue weighted by atomic mass is 9.72. The highest BCUT2D eigenvalue weighted by Crippen LogP contribution is 2.46. The molecule has 0 amide bonds. The number of hydrogen-bond acceptors (Lipinski definition) is 4. The third kappa shape index (κ3) is 4.76. The van der Waals surface area contributed by atoms with Crippen LogP contribution in [0.4, 0.5) is 13.2 Å². The van der Waals surface area contributed by atoms with Gasteiger partial charge in [-0.05, 0) is 48.5 Å². The molecular weight excluding hydrogens is 337 g/mol. The standard InChI is InChI=1S/C18H31F3O4/c1-11(2)13(22)24-12(3)14(4,5)15(6,7)25-16(8,9)17(10,23)18(19,20)21/h12,23H,1H2,2-10H3. The predicted octanol–water partition coefficient (Wildman–Crippen LogP) is 4.41. The molecule has 0 heterocycles. The smallest absolute Gasteiger partial charge is 0.419 e. The Hall–Kier alpha value is -1.08. The number of alkyl halides is 3. The zero-order valence-corrected chi connectivity index (χ0v) is 16.6. The molecule has 0 fully saturated rings. The van der Waals surface area contributed by atoms with Crippen LogP contribution in [0.2, 0.25) is 0 Å². The van der Waals surface area contributed by atoms with Crippen molar-refractivity contribution in [2.75, 3.05) is 0 Å². The molecular formula is C18H31F3O4. The van der Waals surface area contributed by atoms with Crippen molar-refractivity contribution in [3.05, 3.63) is 12.2 Å². The van der Waals surface area contributed by atoms with Crippen LogP contribution in [-0.4, -0.2) is 40.2 Å². The molecule has 2 unspecified atom stereocenters. The fraction of sp³-hybridized carbons (Fsp3) is 0.833. The molecule has 0 aliphatic carbocycles. The molecule has 0 aromatic heterocycles. The van der Waals surface area contributed by atoms with Crippen molar-refractivity contribution in [2.24, 2.45) is 5.41 Å². The van der Waals surface area contributed by atoms with E-state index < -0.39 is 40.5 Å². The molecule has 0 radical (unpaired) electrons. The molecule has 1 N–H and O–H groups in total. The van der Waals surface area contributed by atoms with E-state index in [0.717, 1.165) is 0 Å². The molecule has 0 saturated carbocycles. The lowest BCUT2D eigenvalue weighted by Gasteiger charge is -2.51. The summed E-state index contributed by atoms with van der Waals surface area (Å²) in [5.41, 5.74) is -6.81. The number of esters is 1. The maximum Gasteiger partial charge on any atom is 0.419 e. The molecule has 0 spiro atoms. The second-order valence-electron chi connectivity index (χ2n) is 8.24. The minimum atomic E-state index is -4.87. The fourth-order valence-corrected chi connectivity index (χ4v) is 2.11. The van der Waals surface area contributed by atoms with Crippen LogP contribution in [0.15, 0.2) is 12.2 Å². The van der Waals surface area contributed by atoms with Crippen LogP contribution in [0.3, 0.4) is 0 Å². The summed E-state index contributed by atoms with van der Waals surface area (Å²) in [6.45, 7) is 16.4. The van der Waals surface area contributed by atoms with Gasteiger partial charge in [-0.25, -0.2) is 4.79 Å². The summed E-state index contributed by atoms with van der Waals surface area (Å²) in [4.78, 5) is 11.8. The lowest BCUT2D eigenvalue weighted by Crippen LogP contribution is -2.64. The topological polar surface area (TPSA) is 55.8 Å². The predicted molar refractivity (Wildman–Crippen MR) is 90.1 cm³/mol. The van der Waals surface area contributed by atoms with Gasteiger partial charge in [-0.2, -0.15) is 13.2 Å². The molecule has 2 atom stereocenters. The summed E-state index contributed by atoms with van der Waals surface area (Å²) >= 11 is 0. The Balaban J connectivity index is 5.61. The van der Waals surface area contributed by atoms with Gasteiger partial charge in [0.05, 0.1) is 5.60 Å². The Bertz CT molecular complexity index is 517. The first-order valence-corrected chi connectivity index (χ1v) is 8.06. The molecule has 4 nitrogen and oxygen atoms in total. The number of hydrogen-bond donors (Lipinski definition) is 1. The lowest BCUT2D eigenvalue weighted by molar-refractivity contribution is -0.337. The van der Waals surface area contributed by atoms with Crippen molar-refractivity contribution in [1.82, 2.24) is 0 Å². The van der Waals surface area contributed by atoms with Crippen molar-refractivity contribution >= 4 is 5.97 Å². The van der Waals surface area contributed by atoms with E-state index in [1.807, 2.05) is 0 Å². The maximum atomic E-state index is 13.2. The highest BCUT2D eigenvalue weighted by atomic mass is 19.4. The van der Waals surface area contributed by atoms with Gasteiger partial charge in [-0.15, -0.1) is 0 Å². The van der Waals surface area contributed by atoms with Crippen molar-refractivity contribution in [2.45, 2.75) is 91.4 Å². The Kier molecular flexibility index (Phi) is 6.61. The summed E-state index contributed by atoms with van der Waals surface area (Å²) < 4.78 is 50.7.